The van der Waals surface area contributed by atoms with Crippen molar-refractivity contribution in [3.63, 3.8) is 0 Å². The van der Waals surface area contributed by atoms with E-state index in [0.717, 1.165) is 29.9 Å². The second-order valence-corrected chi connectivity index (χ2v) is 4.95. The van der Waals surface area contributed by atoms with Crippen molar-refractivity contribution in [3.8, 4) is 5.75 Å². The Morgan fingerprint density at radius 2 is 2.41 bits per heavy atom. The lowest BCUT2D eigenvalue weighted by Crippen LogP contribution is -2.13. The molecule has 1 aromatic carbocycles. The molecule has 0 bridgehead atoms. The first-order chi connectivity index (χ1) is 8.16. The Hall–Kier alpha value is -1.07. The summed E-state index contributed by atoms with van der Waals surface area (Å²) in [4.78, 5) is 0. The third-order valence-electron chi connectivity index (χ3n) is 2.74. The maximum atomic E-state index is 7.34. The molecule has 1 fully saturated rings. The van der Waals surface area contributed by atoms with Crippen LogP contribution in [0.15, 0.2) is 22.7 Å². The maximum Gasteiger partial charge on any atom is 0.133 e. The Balaban J connectivity index is 1.98. The quantitative estimate of drug-likeness (QED) is 0.661. The van der Waals surface area contributed by atoms with Crippen LogP contribution < -0.4 is 10.5 Å². The second kappa shape index (κ2) is 5.51. The molecule has 1 saturated heterocycles. The van der Waals surface area contributed by atoms with Crippen LogP contribution in [0.3, 0.4) is 0 Å². The number of nitrogen functional groups attached to an aromatic ring is 1. The lowest BCUT2D eigenvalue weighted by molar-refractivity contribution is 0.167. The van der Waals surface area contributed by atoms with E-state index < -0.39 is 0 Å². The molecule has 17 heavy (non-hydrogen) atoms. The normalized spacial score (nSPS) is 19.2. The van der Waals surface area contributed by atoms with Crippen molar-refractivity contribution in [1.29, 1.82) is 5.41 Å². The zero-order chi connectivity index (χ0) is 12.3. The number of ether oxygens (including phenoxy) is 2. The number of nitrogens with two attached hydrogens (primary N) is 1. The van der Waals surface area contributed by atoms with Gasteiger partial charge in [-0.1, -0.05) is 0 Å². The van der Waals surface area contributed by atoms with Gasteiger partial charge < -0.3 is 15.2 Å². The number of nitrogens with one attached hydrogen (secondary N) is 1. The zero-order valence-corrected chi connectivity index (χ0v) is 11.0. The van der Waals surface area contributed by atoms with Crippen LogP contribution in [-0.4, -0.2) is 25.7 Å². The van der Waals surface area contributed by atoms with E-state index >= 15 is 0 Å². The van der Waals surface area contributed by atoms with E-state index in [-0.39, 0.29) is 5.84 Å². The zero-order valence-electron chi connectivity index (χ0n) is 9.41. The van der Waals surface area contributed by atoms with Crippen molar-refractivity contribution in [1.82, 2.24) is 0 Å². The van der Waals surface area contributed by atoms with Crippen LogP contribution in [0.5, 0.6) is 5.75 Å². The van der Waals surface area contributed by atoms with Gasteiger partial charge in [-0.25, -0.2) is 0 Å². The molecule has 0 spiro atoms. The number of hydrogen-bond acceptors (Lipinski definition) is 3. The van der Waals surface area contributed by atoms with Crippen molar-refractivity contribution in [3.05, 3.63) is 28.2 Å². The highest BCUT2D eigenvalue weighted by atomic mass is 79.9. The molecule has 0 aromatic heterocycles. The molecule has 4 nitrogen and oxygen atoms in total. The minimum atomic E-state index is 0.0569. The molecule has 5 heteroatoms. The van der Waals surface area contributed by atoms with Gasteiger partial charge in [0.05, 0.1) is 17.7 Å². The van der Waals surface area contributed by atoms with Crippen LogP contribution in [0.25, 0.3) is 0 Å². The van der Waals surface area contributed by atoms with Gasteiger partial charge in [-0.05, 0) is 40.5 Å². The summed E-state index contributed by atoms with van der Waals surface area (Å²) in [6, 6.07) is 5.41. The molecule has 1 atom stereocenters. The molecular weight excluding hydrogens is 284 g/mol. The summed E-state index contributed by atoms with van der Waals surface area (Å²) in [6.07, 6.45) is 1.06. The van der Waals surface area contributed by atoms with Crippen LogP contribution in [-0.2, 0) is 4.74 Å². The van der Waals surface area contributed by atoms with Gasteiger partial charge in [0.25, 0.3) is 0 Å². The van der Waals surface area contributed by atoms with Crippen molar-refractivity contribution < 1.29 is 9.47 Å². The molecule has 1 aromatic rings. The molecule has 92 valence electrons. The first-order valence-electron chi connectivity index (χ1n) is 5.51. The number of amidine groups is 1. The summed E-state index contributed by atoms with van der Waals surface area (Å²) >= 11 is 3.42. The van der Waals surface area contributed by atoms with Gasteiger partial charge in [0, 0.05) is 18.1 Å². The average molecular weight is 299 g/mol. The highest BCUT2D eigenvalue weighted by Gasteiger charge is 2.16. The Kier molecular flexibility index (Phi) is 4.02. The second-order valence-electron chi connectivity index (χ2n) is 4.10. The van der Waals surface area contributed by atoms with Gasteiger partial charge in [0.1, 0.15) is 11.6 Å². The van der Waals surface area contributed by atoms with E-state index in [1.807, 2.05) is 6.07 Å². The van der Waals surface area contributed by atoms with Crippen molar-refractivity contribution in [2.75, 3.05) is 19.8 Å². The summed E-state index contributed by atoms with van der Waals surface area (Å²) in [6.45, 7) is 2.28. The molecule has 3 N–H and O–H groups in total. The van der Waals surface area contributed by atoms with Gasteiger partial charge in [-0.15, -0.1) is 0 Å². The topological polar surface area (TPSA) is 68.3 Å². The molecule has 1 aliphatic rings. The third-order valence-corrected chi connectivity index (χ3v) is 3.36. The number of halogens is 1. The molecule has 0 radical (unpaired) electrons. The van der Waals surface area contributed by atoms with Crippen molar-refractivity contribution in [2.24, 2.45) is 11.7 Å². The minimum absolute atomic E-state index is 0.0569. The summed E-state index contributed by atoms with van der Waals surface area (Å²) in [5.74, 6) is 1.32. The monoisotopic (exact) mass is 298 g/mol. The molecule has 0 amide bonds. The molecular formula is C12H15BrN2O2. The van der Waals surface area contributed by atoms with E-state index in [1.54, 1.807) is 12.1 Å². The number of rotatable bonds is 4. The molecule has 2 rings (SSSR count). The number of hydrogen-bond donors (Lipinski definition) is 2. The van der Waals surface area contributed by atoms with Gasteiger partial charge in [-0.3, -0.25) is 5.41 Å². The fourth-order valence-electron chi connectivity index (χ4n) is 1.71. The lowest BCUT2D eigenvalue weighted by atomic mass is 10.1. The fraction of sp³-hybridized carbons (Fsp3) is 0.417. The van der Waals surface area contributed by atoms with Gasteiger partial charge >= 0.3 is 0 Å². The van der Waals surface area contributed by atoms with E-state index in [4.69, 9.17) is 20.6 Å². The van der Waals surface area contributed by atoms with E-state index in [1.165, 1.54) is 0 Å². The molecule has 1 unspecified atom stereocenters. The summed E-state index contributed by atoms with van der Waals surface area (Å²) in [5, 5.41) is 7.34. The van der Waals surface area contributed by atoms with Crippen LogP contribution in [0, 0.1) is 11.3 Å². The minimum Gasteiger partial charge on any atom is -0.492 e. The third kappa shape index (κ3) is 3.20. The van der Waals surface area contributed by atoms with Crippen LogP contribution in [0.4, 0.5) is 0 Å². The van der Waals surface area contributed by atoms with Crippen LogP contribution in [0.2, 0.25) is 0 Å². The summed E-state index contributed by atoms with van der Waals surface area (Å²) in [7, 11) is 0. The van der Waals surface area contributed by atoms with E-state index in [2.05, 4.69) is 15.9 Å². The molecule has 0 saturated carbocycles. The maximum absolute atomic E-state index is 7.34. The molecule has 1 heterocycles. The van der Waals surface area contributed by atoms with E-state index in [9.17, 15) is 0 Å². The fourth-order valence-corrected chi connectivity index (χ4v) is 2.20. The smallest absolute Gasteiger partial charge is 0.133 e. The summed E-state index contributed by atoms with van der Waals surface area (Å²) < 4.78 is 11.8. The Labute approximate surface area is 109 Å². The lowest BCUT2D eigenvalue weighted by Gasteiger charge is -2.12. The standard InChI is InChI=1S/C12H15BrN2O2/c13-10-5-9(12(14)15)1-2-11(10)17-7-8-3-4-16-6-8/h1-2,5,8H,3-4,6-7H2,(H3,14,15). The van der Waals surface area contributed by atoms with Crippen molar-refractivity contribution in [2.45, 2.75) is 6.42 Å². The Morgan fingerprint density at radius 1 is 1.59 bits per heavy atom. The SMILES string of the molecule is N=C(N)c1ccc(OCC2CCOC2)c(Br)c1. The van der Waals surface area contributed by atoms with Gasteiger partial charge in [-0.2, -0.15) is 0 Å². The Morgan fingerprint density at radius 3 is 3.00 bits per heavy atom. The predicted octanol–water partition coefficient (Wildman–Crippen LogP) is 2.15. The number of benzene rings is 1. The summed E-state index contributed by atoms with van der Waals surface area (Å²) in [5.41, 5.74) is 6.10. The van der Waals surface area contributed by atoms with Gasteiger partial charge in [0.15, 0.2) is 0 Å². The highest BCUT2D eigenvalue weighted by Crippen LogP contribution is 2.27. The average Bonchev–Trinajstić information content (AvgIpc) is 2.80. The Bertz CT molecular complexity index is 417. The molecule has 1 aliphatic heterocycles. The van der Waals surface area contributed by atoms with Gasteiger partial charge in [0.2, 0.25) is 0 Å². The largest absolute Gasteiger partial charge is 0.492 e. The van der Waals surface area contributed by atoms with Crippen LogP contribution >= 0.6 is 15.9 Å². The highest BCUT2D eigenvalue weighted by molar-refractivity contribution is 9.10. The first kappa shape index (κ1) is 12.4. The predicted molar refractivity (Wildman–Crippen MR) is 69.6 cm³/mol. The molecule has 0 aliphatic carbocycles. The first-order valence-corrected chi connectivity index (χ1v) is 6.30. The van der Waals surface area contributed by atoms with Crippen molar-refractivity contribution >= 4 is 21.8 Å². The van der Waals surface area contributed by atoms with E-state index in [0.29, 0.717) is 18.1 Å². The van der Waals surface area contributed by atoms with Crippen LogP contribution in [0.1, 0.15) is 12.0 Å².